The molecule has 1 aromatic heterocycles. The Morgan fingerprint density at radius 1 is 1.24 bits per heavy atom. The van der Waals surface area contributed by atoms with Crippen LogP contribution in [0, 0.1) is 10.6 Å². The van der Waals surface area contributed by atoms with Crippen LogP contribution in [0.2, 0.25) is 5.02 Å². The van der Waals surface area contributed by atoms with E-state index in [2.05, 4.69) is 4.98 Å². The second-order valence-electron chi connectivity index (χ2n) is 5.54. The molecule has 0 aliphatic rings. The molecule has 0 atom stereocenters. The van der Waals surface area contributed by atoms with Crippen molar-refractivity contribution < 1.29 is 9.18 Å². The predicted octanol–water partition coefficient (Wildman–Crippen LogP) is 4.60. The maximum atomic E-state index is 13.2. The van der Waals surface area contributed by atoms with Gasteiger partial charge in [0.15, 0.2) is 4.77 Å². The maximum absolute atomic E-state index is 13.2. The highest BCUT2D eigenvalue weighted by molar-refractivity contribution is 7.71. The third kappa shape index (κ3) is 3.65. The Balaban J connectivity index is 1.92. The minimum Gasteiger partial charge on any atom is -0.336 e. The van der Waals surface area contributed by atoms with Gasteiger partial charge in [0.05, 0.1) is 0 Å². The Kier molecular flexibility index (Phi) is 5.01. The van der Waals surface area contributed by atoms with Crippen LogP contribution >= 0.6 is 23.8 Å². The van der Waals surface area contributed by atoms with Crippen molar-refractivity contribution in [3.8, 4) is 5.69 Å². The summed E-state index contributed by atoms with van der Waals surface area (Å²) in [4.78, 5) is 17.3. The van der Waals surface area contributed by atoms with Gasteiger partial charge in [-0.1, -0.05) is 29.8 Å². The van der Waals surface area contributed by atoms with E-state index in [1.54, 1.807) is 40.9 Å². The van der Waals surface area contributed by atoms with Gasteiger partial charge in [-0.2, -0.15) is 0 Å². The van der Waals surface area contributed by atoms with E-state index in [1.807, 2.05) is 18.2 Å². The van der Waals surface area contributed by atoms with E-state index in [-0.39, 0.29) is 11.7 Å². The van der Waals surface area contributed by atoms with Gasteiger partial charge in [-0.15, -0.1) is 0 Å². The van der Waals surface area contributed by atoms with Crippen LogP contribution in [-0.4, -0.2) is 27.4 Å². The number of carbonyl (C=O) groups excluding carboxylic acids is 1. The number of amides is 1. The van der Waals surface area contributed by atoms with Crippen LogP contribution in [0.15, 0.2) is 54.7 Å². The zero-order valence-corrected chi connectivity index (χ0v) is 14.9. The number of benzene rings is 2. The lowest BCUT2D eigenvalue weighted by molar-refractivity contribution is 0.0777. The maximum Gasteiger partial charge on any atom is 0.272 e. The van der Waals surface area contributed by atoms with Crippen LogP contribution in [0.3, 0.4) is 0 Å². The molecule has 1 N–H and O–H groups in total. The van der Waals surface area contributed by atoms with Crippen molar-refractivity contribution in [2.75, 3.05) is 7.05 Å². The summed E-state index contributed by atoms with van der Waals surface area (Å²) in [6, 6.07) is 13.2. The van der Waals surface area contributed by atoms with Gasteiger partial charge in [0, 0.05) is 30.5 Å². The molecule has 3 aromatic rings. The summed E-state index contributed by atoms with van der Waals surface area (Å²) in [6.07, 6.45) is 1.55. The highest BCUT2D eigenvalue weighted by Crippen LogP contribution is 2.19. The number of halogens is 2. The minimum atomic E-state index is -0.352. The number of hydrogen-bond acceptors (Lipinski definition) is 2. The first-order valence-corrected chi connectivity index (χ1v) is 8.31. The standard InChI is InChI=1S/C18H15ClFN3OS/c1-22(11-12-4-2-3-5-15(12)19)17(24)16-10-21-18(25)23(16)14-8-6-13(20)7-9-14/h2-10H,11H2,1H3,(H,21,25). The molecule has 0 saturated carbocycles. The number of nitrogens with zero attached hydrogens (tertiary/aromatic N) is 2. The van der Waals surface area contributed by atoms with E-state index in [0.29, 0.717) is 27.7 Å². The highest BCUT2D eigenvalue weighted by atomic mass is 35.5. The van der Waals surface area contributed by atoms with Crippen LogP contribution < -0.4 is 0 Å². The lowest BCUT2D eigenvalue weighted by atomic mass is 10.2. The number of hydrogen-bond donors (Lipinski definition) is 1. The summed E-state index contributed by atoms with van der Waals surface area (Å²) in [5.74, 6) is -0.578. The molecular formula is C18H15ClFN3OS. The average Bonchev–Trinajstić information content (AvgIpc) is 2.98. The molecule has 0 saturated heterocycles. The van der Waals surface area contributed by atoms with Crippen LogP contribution in [0.4, 0.5) is 4.39 Å². The van der Waals surface area contributed by atoms with Gasteiger partial charge in [0.25, 0.3) is 5.91 Å². The van der Waals surface area contributed by atoms with Crippen molar-refractivity contribution in [3.05, 3.63) is 81.6 Å². The molecule has 3 rings (SSSR count). The molecule has 0 aliphatic carbocycles. The molecule has 128 valence electrons. The molecular weight excluding hydrogens is 361 g/mol. The van der Waals surface area contributed by atoms with Crippen LogP contribution in [-0.2, 0) is 6.54 Å². The smallest absolute Gasteiger partial charge is 0.272 e. The van der Waals surface area contributed by atoms with Crippen molar-refractivity contribution >= 4 is 29.7 Å². The van der Waals surface area contributed by atoms with Gasteiger partial charge >= 0.3 is 0 Å². The molecule has 0 fully saturated rings. The number of aromatic nitrogens is 2. The molecule has 0 unspecified atom stereocenters. The number of H-pyrrole nitrogens is 1. The first-order valence-electron chi connectivity index (χ1n) is 7.52. The van der Waals surface area contributed by atoms with Gasteiger partial charge in [-0.3, -0.25) is 9.36 Å². The average molecular weight is 376 g/mol. The van der Waals surface area contributed by atoms with Crippen LogP contribution in [0.5, 0.6) is 0 Å². The second-order valence-corrected chi connectivity index (χ2v) is 6.34. The molecule has 2 aromatic carbocycles. The van der Waals surface area contributed by atoms with Gasteiger partial charge in [0.2, 0.25) is 0 Å². The Bertz CT molecular complexity index is 965. The molecule has 0 spiro atoms. The van der Waals surface area contributed by atoms with Crippen LogP contribution in [0.1, 0.15) is 16.1 Å². The summed E-state index contributed by atoms with van der Waals surface area (Å²) >= 11 is 11.4. The van der Waals surface area contributed by atoms with Gasteiger partial charge in [-0.05, 0) is 48.1 Å². The molecule has 1 heterocycles. The van der Waals surface area contributed by atoms with Crippen LogP contribution in [0.25, 0.3) is 5.69 Å². The van der Waals surface area contributed by atoms with E-state index in [4.69, 9.17) is 23.8 Å². The third-order valence-corrected chi connectivity index (χ3v) is 4.46. The zero-order valence-electron chi connectivity index (χ0n) is 13.4. The fraction of sp³-hybridized carbons (Fsp3) is 0.111. The Morgan fingerprint density at radius 2 is 1.92 bits per heavy atom. The summed E-state index contributed by atoms with van der Waals surface area (Å²) in [6.45, 7) is 0.361. The molecule has 0 aliphatic heterocycles. The number of carbonyl (C=O) groups is 1. The van der Waals surface area contributed by atoms with Crippen molar-refractivity contribution in [1.82, 2.24) is 14.5 Å². The van der Waals surface area contributed by atoms with Gasteiger partial charge in [0.1, 0.15) is 11.5 Å². The first kappa shape index (κ1) is 17.4. The van der Waals surface area contributed by atoms with Crippen molar-refractivity contribution in [2.24, 2.45) is 0 Å². The molecule has 1 amide bonds. The highest BCUT2D eigenvalue weighted by Gasteiger charge is 2.19. The lowest BCUT2D eigenvalue weighted by Gasteiger charge is -2.19. The largest absolute Gasteiger partial charge is 0.336 e. The molecule has 4 nitrogen and oxygen atoms in total. The van der Waals surface area contributed by atoms with E-state index >= 15 is 0 Å². The molecule has 0 radical (unpaired) electrons. The number of nitrogens with one attached hydrogen (secondary N) is 1. The van der Waals surface area contributed by atoms with E-state index < -0.39 is 0 Å². The normalized spacial score (nSPS) is 10.7. The summed E-state index contributed by atoms with van der Waals surface area (Å²) < 4.78 is 15.1. The SMILES string of the molecule is CN(Cc1ccccc1Cl)C(=O)c1c[nH]c(=S)n1-c1ccc(F)cc1. The number of imidazole rings is 1. The van der Waals surface area contributed by atoms with Crippen molar-refractivity contribution in [3.63, 3.8) is 0 Å². The number of rotatable bonds is 4. The van der Waals surface area contributed by atoms with Crippen molar-refractivity contribution in [1.29, 1.82) is 0 Å². The Hall–Kier alpha value is -2.44. The quantitative estimate of drug-likeness (QED) is 0.677. The monoisotopic (exact) mass is 375 g/mol. The van der Waals surface area contributed by atoms with E-state index in [1.165, 1.54) is 12.1 Å². The molecule has 25 heavy (non-hydrogen) atoms. The topological polar surface area (TPSA) is 41.0 Å². The molecule has 0 bridgehead atoms. The fourth-order valence-electron chi connectivity index (χ4n) is 2.52. The van der Waals surface area contributed by atoms with Gasteiger partial charge < -0.3 is 9.88 Å². The van der Waals surface area contributed by atoms with E-state index in [0.717, 1.165) is 5.56 Å². The minimum absolute atomic E-state index is 0.225. The summed E-state index contributed by atoms with van der Waals surface area (Å²) in [7, 11) is 1.69. The second kappa shape index (κ2) is 7.21. The Morgan fingerprint density at radius 3 is 2.60 bits per heavy atom. The summed E-state index contributed by atoms with van der Waals surface area (Å²) in [5, 5.41) is 0.603. The first-order chi connectivity index (χ1) is 12.0. The fourth-order valence-corrected chi connectivity index (χ4v) is 2.98. The third-order valence-electron chi connectivity index (χ3n) is 3.79. The Labute approximate surface area is 154 Å². The predicted molar refractivity (Wildman–Crippen MR) is 98.2 cm³/mol. The zero-order chi connectivity index (χ0) is 18.0. The summed E-state index contributed by atoms with van der Waals surface area (Å²) in [5.41, 5.74) is 1.83. The number of aromatic amines is 1. The van der Waals surface area contributed by atoms with Gasteiger partial charge in [-0.25, -0.2) is 4.39 Å². The molecule has 7 heteroatoms. The lowest BCUT2D eigenvalue weighted by Crippen LogP contribution is -2.28. The van der Waals surface area contributed by atoms with E-state index in [9.17, 15) is 9.18 Å². The van der Waals surface area contributed by atoms with Crippen molar-refractivity contribution in [2.45, 2.75) is 6.54 Å².